The molecule has 0 aromatic heterocycles. The third-order valence-corrected chi connectivity index (χ3v) is 1.06. The van der Waals surface area contributed by atoms with Crippen molar-refractivity contribution in [1.82, 2.24) is 0 Å². The van der Waals surface area contributed by atoms with Gasteiger partial charge in [-0.2, -0.15) is 0 Å². The number of carbonyl (C=O) groups excluding carboxylic acids is 1. The second kappa shape index (κ2) is 3.09. The molecule has 1 radical (unpaired) electrons. The van der Waals surface area contributed by atoms with Crippen molar-refractivity contribution < 1.29 is 13.6 Å². The summed E-state index contributed by atoms with van der Waals surface area (Å²) < 4.78 is 24.7. The van der Waals surface area contributed by atoms with E-state index in [4.69, 9.17) is 0 Å². The zero-order valence-corrected chi connectivity index (χ0v) is 5.40. The Labute approximate surface area is 61.8 Å². The Kier molecular flexibility index (Phi) is 2.15. The Morgan fingerprint density at radius 1 is 1.18 bits per heavy atom. The average molecular weight is 156 g/mol. The molecule has 0 unspecified atom stereocenters. The molecule has 2 nitrogen and oxygen atoms in total. The monoisotopic (exact) mass is 156 g/mol. The van der Waals surface area contributed by atoms with Crippen LogP contribution in [0.4, 0.5) is 14.5 Å². The van der Waals surface area contributed by atoms with E-state index in [1.807, 2.05) is 5.32 Å². The molecule has 0 bridgehead atoms. The van der Waals surface area contributed by atoms with Gasteiger partial charge in [-0.15, -0.1) is 0 Å². The zero-order chi connectivity index (χ0) is 8.27. The highest BCUT2D eigenvalue weighted by Gasteiger charge is 1.98. The number of rotatable bonds is 2. The van der Waals surface area contributed by atoms with E-state index in [2.05, 4.69) is 0 Å². The normalized spacial score (nSPS) is 9.27. The molecule has 1 rings (SSSR count). The zero-order valence-electron chi connectivity index (χ0n) is 5.40. The molecule has 4 heteroatoms. The number of benzene rings is 1. The topological polar surface area (TPSA) is 29.1 Å². The standard InChI is InChI=1S/C7H4F2NO/c8-5-1-6(9)3-7(2-5)10-4-11/h1-3H,(H,10,11). The second-order valence-electron chi connectivity index (χ2n) is 1.89. The molecular formula is C7H4F2NO. The molecule has 0 aliphatic rings. The number of hydrogen-bond donors (Lipinski definition) is 1. The second-order valence-corrected chi connectivity index (χ2v) is 1.89. The molecule has 1 aromatic rings. The van der Waals surface area contributed by atoms with Crippen LogP contribution in [0, 0.1) is 11.6 Å². The number of anilines is 1. The van der Waals surface area contributed by atoms with Crippen molar-refractivity contribution in [1.29, 1.82) is 0 Å². The van der Waals surface area contributed by atoms with Gasteiger partial charge in [-0.05, 0) is 12.1 Å². The van der Waals surface area contributed by atoms with Gasteiger partial charge in [0, 0.05) is 11.8 Å². The summed E-state index contributed by atoms with van der Waals surface area (Å²) in [6, 6.07) is 2.71. The lowest BCUT2D eigenvalue weighted by Crippen LogP contribution is -1.94. The van der Waals surface area contributed by atoms with Crippen LogP contribution in [0.1, 0.15) is 0 Å². The van der Waals surface area contributed by atoms with Gasteiger partial charge in [-0.1, -0.05) is 0 Å². The largest absolute Gasteiger partial charge is 0.318 e. The van der Waals surface area contributed by atoms with Crippen LogP contribution in [-0.4, -0.2) is 6.41 Å². The Balaban J connectivity index is 2.98. The molecule has 1 aromatic carbocycles. The van der Waals surface area contributed by atoms with Gasteiger partial charge >= 0.3 is 6.41 Å². The maximum absolute atomic E-state index is 12.3. The Morgan fingerprint density at radius 3 is 2.18 bits per heavy atom. The summed E-state index contributed by atoms with van der Waals surface area (Å²) in [4.78, 5) is 9.72. The summed E-state index contributed by atoms with van der Waals surface area (Å²) in [7, 11) is 0. The first kappa shape index (κ1) is 7.65. The van der Waals surface area contributed by atoms with Gasteiger partial charge in [0.15, 0.2) is 0 Å². The molecule has 11 heavy (non-hydrogen) atoms. The molecule has 1 amide bonds. The summed E-state index contributed by atoms with van der Waals surface area (Å²) in [6.07, 6.45) is 1.31. The quantitative estimate of drug-likeness (QED) is 0.645. The van der Waals surface area contributed by atoms with Crippen LogP contribution in [0.2, 0.25) is 0 Å². The van der Waals surface area contributed by atoms with E-state index in [-0.39, 0.29) is 5.69 Å². The van der Waals surface area contributed by atoms with E-state index < -0.39 is 11.6 Å². The Hall–Kier alpha value is -1.45. The number of amides is 1. The lowest BCUT2D eigenvalue weighted by molar-refractivity contribution is 0.560. The van der Waals surface area contributed by atoms with Gasteiger partial charge in [-0.25, -0.2) is 8.78 Å². The van der Waals surface area contributed by atoms with Gasteiger partial charge in [0.25, 0.3) is 0 Å². The van der Waals surface area contributed by atoms with Crippen molar-refractivity contribution in [3.63, 3.8) is 0 Å². The predicted octanol–water partition coefficient (Wildman–Crippen LogP) is 1.44. The van der Waals surface area contributed by atoms with Crippen LogP contribution in [0.15, 0.2) is 18.2 Å². The summed E-state index contributed by atoms with van der Waals surface area (Å²) in [5.74, 6) is -1.47. The molecule has 0 saturated heterocycles. The van der Waals surface area contributed by atoms with Crippen LogP contribution < -0.4 is 5.32 Å². The highest BCUT2D eigenvalue weighted by Crippen LogP contribution is 2.11. The number of hydrogen-bond acceptors (Lipinski definition) is 1. The lowest BCUT2D eigenvalue weighted by atomic mass is 10.3. The van der Waals surface area contributed by atoms with Gasteiger partial charge < -0.3 is 5.32 Å². The SMILES string of the molecule is O=[C]Nc1cc(F)cc(F)c1. The van der Waals surface area contributed by atoms with E-state index in [0.717, 1.165) is 18.2 Å². The van der Waals surface area contributed by atoms with Crippen molar-refractivity contribution in [2.45, 2.75) is 0 Å². The van der Waals surface area contributed by atoms with Gasteiger partial charge in [0.1, 0.15) is 11.6 Å². The first-order valence-corrected chi connectivity index (χ1v) is 2.81. The van der Waals surface area contributed by atoms with E-state index in [1.165, 1.54) is 6.41 Å². The predicted molar refractivity (Wildman–Crippen MR) is 35.7 cm³/mol. The maximum atomic E-state index is 12.3. The molecular weight excluding hydrogens is 152 g/mol. The van der Waals surface area contributed by atoms with Gasteiger partial charge in [-0.3, -0.25) is 4.79 Å². The van der Waals surface area contributed by atoms with E-state index in [1.54, 1.807) is 0 Å². The third kappa shape index (κ3) is 2.00. The van der Waals surface area contributed by atoms with Crippen molar-refractivity contribution >= 4 is 12.1 Å². The molecule has 0 heterocycles. The average Bonchev–Trinajstić information content (AvgIpc) is 1.85. The van der Waals surface area contributed by atoms with Crippen molar-refractivity contribution in [3.05, 3.63) is 29.8 Å². The fourth-order valence-electron chi connectivity index (χ4n) is 0.685. The minimum absolute atomic E-state index is 0.0532. The molecule has 0 saturated carbocycles. The molecule has 0 spiro atoms. The third-order valence-electron chi connectivity index (χ3n) is 1.06. The number of halogens is 2. The van der Waals surface area contributed by atoms with Crippen LogP contribution >= 0.6 is 0 Å². The molecule has 1 N–H and O–H groups in total. The van der Waals surface area contributed by atoms with Crippen molar-refractivity contribution in [3.8, 4) is 0 Å². The summed E-state index contributed by atoms with van der Waals surface area (Å²) >= 11 is 0. The van der Waals surface area contributed by atoms with E-state index in [0.29, 0.717) is 0 Å². The summed E-state index contributed by atoms with van der Waals surface area (Å²) in [5, 5.41) is 2.00. The van der Waals surface area contributed by atoms with Crippen LogP contribution in [0.5, 0.6) is 0 Å². The van der Waals surface area contributed by atoms with Crippen molar-refractivity contribution in [2.75, 3.05) is 5.32 Å². The molecule has 57 valence electrons. The van der Waals surface area contributed by atoms with Gasteiger partial charge in [0.05, 0.1) is 0 Å². The Morgan fingerprint density at radius 2 is 1.73 bits per heavy atom. The fourth-order valence-corrected chi connectivity index (χ4v) is 0.685. The fraction of sp³-hybridized carbons (Fsp3) is 0. The molecule has 0 aliphatic carbocycles. The van der Waals surface area contributed by atoms with E-state index >= 15 is 0 Å². The first-order valence-electron chi connectivity index (χ1n) is 2.81. The number of nitrogens with one attached hydrogen (secondary N) is 1. The van der Waals surface area contributed by atoms with Gasteiger partial charge in [0.2, 0.25) is 0 Å². The minimum atomic E-state index is -0.734. The minimum Gasteiger partial charge on any atom is -0.318 e. The molecule has 0 atom stereocenters. The first-order chi connectivity index (χ1) is 5.22. The van der Waals surface area contributed by atoms with Crippen LogP contribution in [0.25, 0.3) is 0 Å². The molecule has 0 aliphatic heterocycles. The highest BCUT2D eigenvalue weighted by atomic mass is 19.1. The van der Waals surface area contributed by atoms with E-state index in [9.17, 15) is 13.6 Å². The lowest BCUT2D eigenvalue weighted by Gasteiger charge is -1.96. The molecule has 0 fully saturated rings. The summed E-state index contributed by atoms with van der Waals surface area (Å²) in [5.41, 5.74) is 0.0532. The highest BCUT2D eigenvalue weighted by molar-refractivity contribution is 5.71. The summed E-state index contributed by atoms with van der Waals surface area (Å²) in [6.45, 7) is 0. The van der Waals surface area contributed by atoms with Crippen LogP contribution in [-0.2, 0) is 4.79 Å². The maximum Gasteiger partial charge on any atom is 0.314 e. The van der Waals surface area contributed by atoms with Crippen molar-refractivity contribution in [2.24, 2.45) is 0 Å². The smallest absolute Gasteiger partial charge is 0.314 e. The Bertz CT molecular complexity index is 255. The van der Waals surface area contributed by atoms with Crippen LogP contribution in [0.3, 0.4) is 0 Å².